The summed E-state index contributed by atoms with van der Waals surface area (Å²) in [5.74, 6) is 2.56. The SMILES string of the molecule is C.C.C.CC(C)C(C)C(C)C. The minimum absolute atomic E-state index is 0. The van der Waals surface area contributed by atoms with Crippen LogP contribution in [0.2, 0.25) is 0 Å². The molecule has 0 heterocycles. The van der Waals surface area contributed by atoms with Gasteiger partial charge >= 0.3 is 0 Å². The maximum Gasteiger partial charge on any atom is -0.0396 e. The number of rotatable bonds is 2. The molecule has 0 spiro atoms. The molecule has 0 aromatic carbocycles. The van der Waals surface area contributed by atoms with Gasteiger partial charge in [-0.25, -0.2) is 0 Å². The molecule has 0 unspecified atom stereocenters. The highest BCUT2D eigenvalue weighted by molar-refractivity contribution is 4.59. The van der Waals surface area contributed by atoms with E-state index in [0.717, 1.165) is 17.8 Å². The molecule has 0 amide bonds. The van der Waals surface area contributed by atoms with Crippen LogP contribution in [0.3, 0.4) is 0 Å². The summed E-state index contributed by atoms with van der Waals surface area (Å²) in [6.45, 7) is 11.4. The summed E-state index contributed by atoms with van der Waals surface area (Å²) >= 11 is 0. The van der Waals surface area contributed by atoms with Crippen LogP contribution in [0.4, 0.5) is 0 Å². The van der Waals surface area contributed by atoms with Gasteiger partial charge in [-0.3, -0.25) is 0 Å². The first kappa shape index (κ1) is 22.4. The van der Waals surface area contributed by atoms with Gasteiger partial charge in [0.2, 0.25) is 0 Å². The lowest BCUT2D eigenvalue weighted by Gasteiger charge is -2.18. The highest BCUT2D eigenvalue weighted by atomic mass is 14.2. The van der Waals surface area contributed by atoms with E-state index in [2.05, 4.69) is 34.6 Å². The smallest absolute Gasteiger partial charge is 0.0396 e. The average molecular weight is 162 g/mol. The van der Waals surface area contributed by atoms with Crippen molar-refractivity contribution < 1.29 is 0 Å². The first-order valence-electron chi connectivity index (χ1n) is 3.55. The predicted molar refractivity (Wildman–Crippen MR) is 59.0 cm³/mol. The Morgan fingerprint density at radius 1 is 0.545 bits per heavy atom. The average Bonchev–Trinajstić information content (AvgIpc) is 1.64. The van der Waals surface area contributed by atoms with E-state index in [4.69, 9.17) is 0 Å². The molecule has 0 saturated heterocycles. The first-order chi connectivity index (χ1) is 3.55. The molecule has 0 aromatic heterocycles. The summed E-state index contributed by atoms with van der Waals surface area (Å²) in [5, 5.41) is 0. The quantitative estimate of drug-likeness (QED) is 0.545. The van der Waals surface area contributed by atoms with Gasteiger partial charge in [0.05, 0.1) is 0 Å². The Hall–Kier alpha value is 0. The van der Waals surface area contributed by atoms with E-state index in [1.165, 1.54) is 0 Å². The van der Waals surface area contributed by atoms with Crippen LogP contribution >= 0.6 is 0 Å². The highest BCUT2D eigenvalue weighted by Gasteiger charge is 2.09. The normalized spacial score (nSPS) is 8.73. The molecular weight excluding hydrogens is 132 g/mol. The Labute approximate surface area is 75.4 Å². The van der Waals surface area contributed by atoms with Gasteiger partial charge in [0, 0.05) is 0 Å². The lowest BCUT2D eigenvalue weighted by atomic mass is 9.88. The van der Waals surface area contributed by atoms with E-state index < -0.39 is 0 Å². The van der Waals surface area contributed by atoms with E-state index in [1.807, 2.05) is 0 Å². The summed E-state index contributed by atoms with van der Waals surface area (Å²) in [5.41, 5.74) is 0. The molecule has 74 valence electrons. The van der Waals surface area contributed by atoms with E-state index in [-0.39, 0.29) is 22.3 Å². The Bertz CT molecular complexity index is 45.1. The summed E-state index contributed by atoms with van der Waals surface area (Å²) in [6.07, 6.45) is 0. The van der Waals surface area contributed by atoms with Crippen molar-refractivity contribution in [2.45, 2.75) is 56.9 Å². The Kier molecular flexibility index (Phi) is 20.4. The minimum atomic E-state index is 0. The zero-order valence-corrected chi connectivity index (χ0v) is 6.73. The molecule has 0 fully saturated rings. The molecule has 0 saturated carbocycles. The van der Waals surface area contributed by atoms with Crippen molar-refractivity contribution in [3.63, 3.8) is 0 Å². The van der Waals surface area contributed by atoms with Crippen LogP contribution in [0.15, 0.2) is 0 Å². The lowest BCUT2D eigenvalue weighted by Crippen LogP contribution is -2.10. The summed E-state index contributed by atoms with van der Waals surface area (Å²) in [7, 11) is 0. The van der Waals surface area contributed by atoms with E-state index in [9.17, 15) is 0 Å². The zero-order valence-electron chi connectivity index (χ0n) is 6.73. The molecule has 11 heavy (non-hydrogen) atoms. The molecule has 0 bridgehead atoms. The molecule has 0 atom stereocenters. The summed E-state index contributed by atoms with van der Waals surface area (Å²) in [6, 6.07) is 0. The van der Waals surface area contributed by atoms with Crippen LogP contribution in [0.5, 0.6) is 0 Å². The zero-order chi connectivity index (χ0) is 6.73. The maximum absolute atomic E-state index is 2.31. The molecule has 0 aliphatic rings. The van der Waals surface area contributed by atoms with Crippen LogP contribution in [-0.4, -0.2) is 0 Å². The van der Waals surface area contributed by atoms with Crippen LogP contribution in [0.1, 0.15) is 56.9 Å². The van der Waals surface area contributed by atoms with E-state index >= 15 is 0 Å². The topological polar surface area (TPSA) is 0 Å². The highest BCUT2D eigenvalue weighted by Crippen LogP contribution is 2.18. The Morgan fingerprint density at radius 2 is 0.727 bits per heavy atom. The van der Waals surface area contributed by atoms with Gasteiger partial charge in [0.25, 0.3) is 0 Å². The molecule has 0 nitrogen and oxygen atoms in total. The molecular formula is C11H30. The van der Waals surface area contributed by atoms with Crippen molar-refractivity contribution in [3.05, 3.63) is 0 Å². The second-order valence-electron chi connectivity index (χ2n) is 3.35. The molecule has 0 aliphatic heterocycles. The monoisotopic (exact) mass is 162 g/mol. The summed E-state index contributed by atoms with van der Waals surface area (Å²) in [4.78, 5) is 0. The van der Waals surface area contributed by atoms with Gasteiger partial charge in [-0.2, -0.15) is 0 Å². The van der Waals surface area contributed by atoms with Crippen molar-refractivity contribution in [1.29, 1.82) is 0 Å². The Balaban J connectivity index is -0.0000000817. The van der Waals surface area contributed by atoms with Gasteiger partial charge in [-0.15, -0.1) is 0 Å². The van der Waals surface area contributed by atoms with E-state index in [1.54, 1.807) is 0 Å². The third kappa shape index (κ3) is 10.0. The maximum atomic E-state index is 2.31. The summed E-state index contributed by atoms with van der Waals surface area (Å²) < 4.78 is 0. The van der Waals surface area contributed by atoms with Crippen LogP contribution in [0, 0.1) is 17.8 Å². The number of hydrogen-bond donors (Lipinski definition) is 0. The fourth-order valence-electron chi connectivity index (χ4n) is 0.770. The predicted octanol–water partition coefficient (Wildman–Crippen LogP) is 4.84. The van der Waals surface area contributed by atoms with Crippen LogP contribution in [0.25, 0.3) is 0 Å². The van der Waals surface area contributed by atoms with Crippen molar-refractivity contribution in [2.75, 3.05) is 0 Å². The molecule has 0 N–H and O–H groups in total. The van der Waals surface area contributed by atoms with Gasteiger partial charge in [0.15, 0.2) is 0 Å². The molecule has 0 heteroatoms. The largest absolute Gasteiger partial charge is 0.0776 e. The fraction of sp³-hybridized carbons (Fsp3) is 1.00. The third-order valence-corrected chi connectivity index (χ3v) is 2.10. The molecule has 0 rings (SSSR count). The van der Waals surface area contributed by atoms with Crippen molar-refractivity contribution in [3.8, 4) is 0 Å². The second kappa shape index (κ2) is 10.0. The van der Waals surface area contributed by atoms with Crippen molar-refractivity contribution in [2.24, 2.45) is 17.8 Å². The standard InChI is InChI=1S/C8H18.3CH4/c1-6(2)8(5)7(3)4;;;/h6-8H,1-5H3;3*1H4. The van der Waals surface area contributed by atoms with Gasteiger partial charge < -0.3 is 0 Å². The molecule has 0 aromatic rings. The van der Waals surface area contributed by atoms with Crippen LogP contribution < -0.4 is 0 Å². The van der Waals surface area contributed by atoms with Crippen molar-refractivity contribution >= 4 is 0 Å². The second-order valence-corrected chi connectivity index (χ2v) is 3.35. The lowest BCUT2D eigenvalue weighted by molar-refractivity contribution is 0.316. The minimum Gasteiger partial charge on any atom is -0.0776 e. The molecule has 0 aliphatic carbocycles. The third-order valence-electron chi connectivity index (χ3n) is 2.10. The van der Waals surface area contributed by atoms with Gasteiger partial charge in [-0.05, 0) is 17.8 Å². The molecule has 0 radical (unpaired) electrons. The van der Waals surface area contributed by atoms with Gasteiger partial charge in [0.1, 0.15) is 0 Å². The number of hydrogen-bond acceptors (Lipinski definition) is 0. The van der Waals surface area contributed by atoms with E-state index in [0.29, 0.717) is 0 Å². The fourth-order valence-corrected chi connectivity index (χ4v) is 0.770. The van der Waals surface area contributed by atoms with Gasteiger partial charge in [-0.1, -0.05) is 56.9 Å². The first-order valence-corrected chi connectivity index (χ1v) is 3.55. The van der Waals surface area contributed by atoms with Crippen LogP contribution in [-0.2, 0) is 0 Å². The van der Waals surface area contributed by atoms with Crippen molar-refractivity contribution in [1.82, 2.24) is 0 Å². The Morgan fingerprint density at radius 3 is 0.727 bits per heavy atom.